The molecule has 20 heavy (non-hydrogen) atoms. The van der Waals surface area contributed by atoms with Crippen LogP contribution in [0.2, 0.25) is 0 Å². The van der Waals surface area contributed by atoms with E-state index in [1.54, 1.807) is 11.0 Å². The van der Waals surface area contributed by atoms with Gasteiger partial charge in [-0.25, -0.2) is 0 Å². The van der Waals surface area contributed by atoms with E-state index in [-0.39, 0.29) is 17.7 Å². The van der Waals surface area contributed by atoms with Gasteiger partial charge in [0.15, 0.2) is 0 Å². The Morgan fingerprint density at radius 3 is 2.75 bits per heavy atom. The third-order valence-corrected chi connectivity index (χ3v) is 3.89. The first-order chi connectivity index (χ1) is 9.69. The highest BCUT2D eigenvalue weighted by atomic mass is 16.2. The fourth-order valence-electron chi connectivity index (χ4n) is 2.56. The van der Waals surface area contributed by atoms with Crippen molar-refractivity contribution in [3.05, 3.63) is 29.8 Å². The van der Waals surface area contributed by atoms with Crippen LogP contribution < -0.4 is 16.0 Å². The Kier molecular flexibility index (Phi) is 3.44. The molecule has 0 aromatic heterocycles. The first-order valence-corrected chi connectivity index (χ1v) is 7.09. The van der Waals surface area contributed by atoms with Crippen LogP contribution in [0.25, 0.3) is 0 Å². The second-order valence-corrected chi connectivity index (χ2v) is 5.58. The standard InChI is InChI=1S/C15H19N3O2/c16-8-10-7-14(19)18(9-10)13-4-2-1-3-12(13)15(20)17-11-5-6-11/h1-4,10-11H,5-9,16H2,(H,17,20). The minimum atomic E-state index is -0.0906. The number of anilines is 1. The molecule has 5 heteroatoms. The van der Waals surface area contributed by atoms with Gasteiger partial charge in [-0.15, -0.1) is 0 Å². The van der Waals surface area contributed by atoms with Gasteiger partial charge in [0.1, 0.15) is 0 Å². The highest BCUT2D eigenvalue weighted by molar-refractivity contribution is 6.05. The molecule has 1 aliphatic carbocycles. The van der Waals surface area contributed by atoms with Crippen molar-refractivity contribution in [2.24, 2.45) is 11.7 Å². The summed E-state index contributed by atoms with van der Waals surface area (Å²) in [6.07, 6.45) is 2.56. The van der Waals surface area contributed by atoms with Gasteiger partial charge in [0.25, 0.3) is 5.91 Å². The lowest BCUT2D eigenvalue weighted by Crippen LogP contribution is -2.31. The Labute approximate surface area is 118 Å². The van der Waals surface area contributed by atoms with Crippen LogP contribution in [0.5, 0.6) is 0 Å². The summed E-state index contributed by atoms with van der Waals surface area (Å²) in [6.45, 7) is 1.10. The molecule has 1 aromatic rings. The molecule has 2 amide bonds. The van der Waals surface area contributed by atoms with Gasteiger partial charge in [-0.1, -0.05) is 12.1 Å². The third kappa shape index (κ3) is 2.54. The zero-order chi connectivity index (χ0) is 14.1. The van der Waals surface area contributed by atoms with E-state index in [4.69, 9.17) is 5.73 Å². The molecular weight excluding hydrogens is 254 g/mol. The van der Waals surface area contributed by atoms with Gasteiger partial charge in [-0.05, 0) is 37.4 Å². The highest BCUT2D eigenvalue weighted by Gasteiger charge is 2.32. The van der Waals surface area contributed by atoms with Gasteiger partial charge in [0.05, 0.1) is 11.3 Å². The Bertz CT molecular complexity index is 540. The Balaban J connectivity index is 1.85. The van der Waals surface area contributed by atoms with E-state index in [1.807, 2.05) is 18.2 Å². The highest BCUT2D eigenvalue weighted by Crippen LogP contribution is 2.28. The summed E-state index contributed by atoms with van der Waals surface area (Å²) in [7, 11) is 0. The van der Waals surface area contributed by atoms with Crippen LogP contribution in [0.1, 0.15) is 29.6 Å². The lowest BCUT2D eigenvalue weighted by Gasteiger charge is -2.20. The van der Waals surface area contributed by atoms with Crippen molar-refractivity contribution < 1.29 is 9.59 Å². The first kappa shape index (κ1) is 13.1. The minimum absolute atomic E-state index is 0.0483. The molecular formula is C15H19N3O2. The lowest BCUT2D eigenvalue weighted by molar-refractivity contribution is -0.117. The second kappa shape index (κ2) is 5.25. The van der Waals surface area contributed by atoms with Crippen LogP contribution in [-0.2, 0) is 4.79 Å². The summed E-state index contributed by atoms with van der Waals surface area (Å²) in [4.78, 5) is 26.0. The SMILES string of the molecule is NCC1CC(=O)N(c2ccccc2C(=O)NC2CC2)C1. The number of nitrogens with one attached hydrogen (secondary N) is 1. The number of nitrogens with two attached hydrogens (primary N) is 1. The van der Waals surface area contributed by atoms with Gasteiger partial charge < -0.3 is 16.0 Å². The van der Waals surface area contributed by atoms with Crippen LogP contribution in [-0.4, -0.2) is 30.9 Å². The molecule has 1 heterocycles. The molecule has 1 saturated carbocycles. The van der Waals surface area contributed by atoms with Crippen molar-refractivity contribution in [1.82, 2.24) is 5.32 Å². The molecule has 0 bridgehead atoms. The predicted molar refractivity (Wildman–Crippen MR) is 76.4 cm³/mol. The van der Waals surface area contributed by atoms with Gasteiger partial charge in [-0.3, -0.25) is 9.59 Å². The number of amides is 2. The molecule has 106 valence electrons. The maximum absolute atomic E-state index is 12.3. The molecule has 1 atom stereocenters. The average molecular weight is 273 g/mol. The van der Waals surface area contributed by atoms with Gasteiger partial charge in [0.2, 0.25) is 5.91 Å². The molecule has 1 aromatic carbocycles. The summed E-state index contributed by atoms with van der Waals surface area (Å²) < 4.78 is 0. The molecule has 3 N–H and O–H groups in total. The van der Waals surface area contributed by atoms with Crippen molar-refractivity contribution in [3.8, 4) is 0 Å². The minimum Gasteiger partial charge on any atom is -0.349 e. The van der Waals surface area contributed by atoms with Crippen LogP contribution >= 0.6 is 0 Å². The number of carbonyl (C=O) groups excluding carboxylic acids is 2. The largest absolute Gasteiger partial charge is 0.349 e. The number of rotatable bonds is 4. The van der Waals surface area contributed by atoms with E-state index < -0.39 is 0 Å². The fraction of sp³-hybridized carbons (Fsp3) is 0.467. The number of para-hydroxylation sites is 1. The van der Waals surface area contributed by atoms with E-state index in [1.165, 1.54) is 0 Å². The molecule has 1 saturated heterocycles. The molecule has 0 radical (unpaired) electrons. The monoisotopic (exact) mass is 273 g/mol. The summed E-state index contributed by atoms with van der Waals surface area (Å²) in [5.41, 5.74) is 6.93. The Morgan fingerprint density at radius 1 is 1.35 bits per heavy atom. The fourth-order valence-corrected chi connectivity index (χ4v) is 2.56. The van der Waals surface area contributed by atoms with E-state index >= 15 is 0 Å². The van der Waals surface area contributed by atoms with E-state index in [2.05, 4.69) is 5.32 Å². The summed E-state index contributed by atoms with van der Waals surface area (Å²) >= 11 is 0. The van der Waals surface area contributed by atoms with Crippen molar-refractivity contribution in [3.63, 3.8) is 0 Å². The zero-order valence-electron chi connectivity index (χ0n) is 11.3. The topological polar surface area (TPSA) is 75.4 Å². The number of hydrogen-bond acceptors (Lipinski definition) is 3. The molecule has 0 spiro atoms. The van der Waals surface area contributed by atoms with Crippen molar-refractivity contribution in [2.75, 3.05) is 18.0 Å². The molecule has 1 unspecified atom stereocenters. The maximum Gasteiger partial charge on any atom is 0.253 e. The smallest absolute Gasteiger partial charge is 0.253 e. The summed E-state index contributed by atoms with van der Waals surface area (Å²) in [6, 6.07) is 7.59. The first-order valence-electron chi connectivity index (χ1n) is 7.09. The lowest BCUT2D eigenvalue weighted by atomic mass is 10.1. The Hall–Kier alpha value is -1.88. The van der Waals surface area contributed by atoms with E-state index in [0.717, 1.165) is 12.8 Å². The van der Waals surface area contributed by atoms with Gasteiger partial charge in [0, 0.05) is 19.0 Å². The quantitative estimate of drug-likeness (QED) is 0.855. The molecule has 2 aliphatic rings. The van der Waals surface area contributed by atoms with E-state index in [0.29, 0.717) is 36.8 Å². The number of nitrogens with zero attached hydrogens (tertiary/aromatic N) is 1. The average Bonchev–Trinajstić information content (AvgIpc) is 3.19. The molecule has 3 rings (SSSR count). The molecule has 5 nitrogen and oxygen atoms in total. The van der Waals surface area contributed by atoms with Gasteiger partial charge >= 0.3 is 0 Å². The summed E-state index contributed by atoms with van der Waals surface area (Å²) in [5.74, 6) is 0.140. The van der Waals surface area contributed by atoms with Crippen LogP contribution in [0, 0.1) is 5.92 Å². The van der Waals surface area contributed by atoms with Crippen molar-refractivity contribution in [2.45, 2.75) is 25.3 Å². The van der Waals surface area contributed by atoms with Crippen LogP contribution in [0.4, 0.5) is 5.69 Å². The van der Waals surface area contributed by atoms with E-state index in [9.17, 15) is 9.59 Å². The molecule has 2 fully saturated rings. The number of benzene rings is 1. The number of carbonyl (C=O) groups is 2. The van der Waals surface area contributed by atoms with Crippen molar-refractivity contribution >= 4 is 17.5 Å². The maximum atomic E-state index is 12.3. The van der Waals surface area contributed by atoms with Crippen LogP contribution in [0.15, 0.2) is 24.3 Å². The van der Waals surface area contributed by atoms with Crippen molar-refractivity contribution in [1.29, 1.82) is 0 Å². The normalized spacial score (nSPS) is 22.1. The van der Waals surface area contributed by atoms with Gasteiger partial charge in [-0.2, -0.15) is 0 Å². The predicted octanol–water partition coefficient (Wildman–Crippen LogP) is 0.890. The number of hydrogen-bond donors (Lipinski definition) is 2. The van der Waals surface area contributed by atoms with Crippen LogP contribution in [0.3, 0.4) is 0 Å². The zero-order valence-corrected chi connectivity index (χ0v) is 11.3. The summed E-state index contributed by atoms with van der Waals surface area (Å²) in [5, 5.41) is 2.97. The Morgan fingerprint density at radius 2 is 2.10 bits per heavy atom. The third-order valence-electron chi connectivity index (χ3n) is 3.89. The molecule has 1 aliphatic heterocycles. The second-order valence-electron chi connectivity index (χ2n) is 5.58.